The first-order chi connectivity index (χ1) is 12.9. The van der Waals surface area contributed by atoms with Gasteiger partial charge < -0.3 is 9.47 Å². The van der Waals surface area contributed by atoms with Crippen molar-refractivity contribution in [2.24, 2.45) is 0 Å². The molecule has 0 atom stereocenters. The number of hydrogen-bond donors (Lipinski definition) is 0. The van der Waals surface area contributed by atoms with E-state index in [4.69, 9.17) is 9.47 Å². The predicted octanol–water partition coefficient (Wildman–Crippen LogP) is 3.52. The van der Waals surface area contributed by atoms with Crippen LogP contribution in [-0.4, -0.2) is 26.5 Å². The Morgan fingerprint density at radius 3 is 2.26 bits per heavy atom. The molecule has 0 fully saturated rings. The topological polar surface area (TPSA) is 82.6 Å². The Kier molecular flexibility index (Phi) is 5.23. The Labute approximate surface area is 157 Å². The molecule has 0 aliphatic heterocycles. The number of methoxy groups -OCH3 is 1. The number of carbonyl (C=O) groups excluding carboxylic acids is 1. The van der Waals surface area contributed by atoms with Gasteiger partial charge in [-0.25, -0.2) is 13.4 Å². The fourth-order valence-corrected chi connectivity index (χ4v) is 3.72. The van der Waals surface area contributed by atoms with Gasteiger partial charge in [0.15, 0.2) is 5.03 Å². The number of benzene rings is 2. The molecule has 2 aromatic carbocycles. The first-order valence-electron chi connectivity index (χ1n) is 8.05. The zero-order valence-electron chi connectivity index (χ0n) is 14.7. The highest BCUT2D eigenvalue weighted by molar-refractivity contribution is 7.91. The number of rotatable bonds is 5. The summed E-state index contributed by atoms with van der Waals surface area (Å²) in [7, 11) is -2.27. The number of esters is 1. The van der Waals surface area contributed by atoms with Gasteiger partial charge in [-0.1, -0.05) is 30.3 Å². The van der Waals surface area contributed by atoms with Crippen LogP contribution < -0.4 is 9.47 Å². The number of pyridine rings is 1. The quantitative estimate of drug-likeness (QED) is 0.627. The van der Waals surface area contributed by atoms with Crippen LogP contribution in [0.2, 0.25) is 0 Å². The van der Waals surface area contributed by atoms with Gasteiger partial charge in [0.2, 0.25) is 9.84 Å². The molecule has 0 N–H and O–H groups in total. The van der Waals surface area contributed by atoms with Crippen molar-refractivity contribution in [3.63, 3.8) is 0 Å². The lowest BCUT2D eigenvalue weighted by Crippen LogP contribution is -2.08. The normalized spacial score (nSPS) is 11.0. The van der Waals surface area contributed by atoms with E-state index in [1.54, 1.807) is 49.6 Å². The lowest BCUT2D eigenvalue weighted by atomic mass is 10.1. The molecule has 0 radical (unpaired) electrons. The number of ether oxygens (including phenoxy) is 2. The Morgan fingerprint density at radius 1 is 1.00 bits per heavy atom. The summed E-state index contributed by atoms with van der Waals surface area (Å²) < 4.78 is 36.0. The summed E-state index contributed by atoms with van der Waals surface area (Å²) in [5, 5.41) is -0.192. The van der Waals surface area contributed by atoms with Crippen LogP contribution in [0.5, 0.6) is 11.5 Å². The summed E-state index contributed by atoms with van der Waals surface area (Å²) in [6.07, 6.45) is 1.38. The molecule has 27 heavy (non-hydrogen) atoms. The van der Waals surface area contributed by atoms with Gasteiger partial charge >= 0.3 is 5.97 Å². The van der Waals surface area contributed by atoms with E-state index in [0.29, 0.717) is 16.9 Å². The minimum Gasteiger partial charge on any atom is -0.497 e. The molecule has 0 saturated heterocycles. The lowest BCUT2D eigenvalue weighted by molar-refractivity contribution is -0.131. The van der Waals surface area contributed by atoms with E-state index in [1.165, 1.54) is 31.3 Å². The van der Waals surface area contributed by atoms with Gasteiger partial charge in [-0.3, -0.25) is 4.79 Å². The summed E-state index contributed by atoms with van der Waals surface area (Å²) in [6.45, 7) is 1.25. The van der Waals surface area contributed by atoms with E-state index in [1.807, 2.05) is 0 Å². The number of carbonyl (C=O) groups is 1. The maximum absolute atomic E-state index is 12.8. The second-order valence-corrected chi connectivity index (χ2v) is 7.55. The van der Waals surface area contributed by atoms with Crippen molar-refractivity contribution in [3.8, 4) is 22.6 Å². The molecule has 0 aliphatic carbocycles. The zero-order valence-corrected chi connectivity index (χ0v) is 15.6. The van der Waals surface area contributed by atoms with E-state index in [0.717, 1.165) is 0 Å². The van der Waals surface area contributed by atoms with Crippen LogP contribution in [0.1, 0.15) is 6.92 Å². The van der Waals surface area contributed by atoms with Gasteiger partial charge in [-0.05, 0) is 29.8 Å². The molecule has 0 bridgehead atoms. The first kappa shape index (κ1) is 18.6. The molecule has 1 heterocycles. The van der Waals surface area contributed by atoms with Crippen molar-refractivity contribution in [1.29, 1.82) is 0 Å². The summed E-state index contributed by atoms with van der Waals surface area (Å²) in [6, 6.07) is 16.3. The van der Waals surface area contributed by atoms with Crippen LogP contribution in [-0.2, 0) is 14.6 Å². The second kappa shape index (κ2) is 7.59. The van der Waals surface area contributed by atoms with Crippen molar-refractivity contribution in [2.45, 2.75) is 16.8 Å². The molecule has 0 saturated carbocycles. The number of sulfone groups is 1. The second-order valence-electron chi connectivity index (χ2n) is 5.66. The minimum absolute atomic E-state index is 0.114. The van der Waals surface area contributed by atoms with Crippen LogP contribution >= 0.6 is 0 Å². The average molecular weight is 383 g/mol. The highest BCUT2D eigenvalue weighted by Gasteiger charge is 2.22. The highest BCUT2D eigenvalue weighted by Crippen LogP contribution is 2.33. The molecule has 6 nitrogen and oxygen atoms in total. The molecule has 3 aromatic rings. The monoisotopic (exact) mass is 383 g/mol. The smallest absolute Gasteiger partial charge is 0.308 e. The van der Waals surface area contributed by atoms with Gasteiger partial charge in [0, 0.05) is 24.8 Å². The van der Waals surface area contributed by atoms with Crippen LogP contribution in [0.4, 0.5) is 0 Å². The maximum atomic E-state index is 12.8. The summed E-state index contributed by atoms with van der Waals surface area (Å²) in [4.78, 5) is 15.7. The molecule has 3 rings (SSSR count). The summed E-state index contributed by atoms with van der Waals surface area (Å²) in [5.74, 6) is 0.236. The molecule has 0 spiro atoms. The van der Waals surface area contributed by atoms with Gasteiger partial charge in [-0.2, -0.15) is 0 Å². The summed E-state index contributed by atoms with van der Waals surface area (Å²) in [5.41, 5.74) is 1.21. The third-order valence-corrected chi connectivity index (χ3v) is 5.49. The highest BCUT2D eigenvalue weighted by atomic mass is 32.2. The average Bonchev–Trinajstić information content (AvgIpc) is 2.68. The van der Waals surface area contributed by atoms with E-state index in [2.05, 4.69) is 4.98 Å². The van der Waals surface area contributed by atoms with E-state index in [9.17, 15) is 13.2 Å². The fraction of sp³-hybridized carbons (Fsp3) is 0.100. The third-order valence-electron chi connectivity index (χ3n) is 3.82. The predicted molar refractivity (Wildman–Crippen MR) is 99.4 cm³/mol. The van der Waals surface area contributed by atoms with Crippen molar-refractivity contribution < 1.29 is 22.7 Å². The maximum Gasteiger partial charge on any atom is 0.308 e. The Balaban J connectivity index is 2.10. The zero-order chi connectivity index (χ0) is 19.4. The van der Waals surface area contributed by atoms with Gasteiger partial charge in [0.1, 0.15) is 11.5 Å². The van der Waals surface area contributed by atoms with E-state index in [-0.39, 0.29) is 15.7 Å². The fourth-order valence-electron chi connectivity index (χ4n) is 2.51. The molecule has 0 aliphatic rings. The first-order valence-corrected chi connectivity index (χ1v) is 9.53. The molecular formula is C20H17NO5S. The molecular weight excluding hydrogens is 366 g/mol. The number of hydrogen-bond acceptors (Lipinski definition) is 6. The molecule has 1 aromatic heterocycles. The van der Waals surface area contributed by atoms with Gasteiger partial charge in [0.05, 0.1) is 12.0 Å². The summed E-state index contributed by atoms with van der Waals surface area (Å²) >= 11 is 0. The largest absolute Gasteiger partial charge is 0.497 e. The number of nitrogens with zero attached hydrogens (tertiary/aromatic N) is 1. The lowest BCUT2D eigenvalue weighted by Gasteiger charge is -2.12. The Bertz CT molecular complexity index is 1060. The van der Waals surface area contributed by atoms with Crippen molar-refractivity contribution >= 4 is 15.8 Å². The molecule has 0 amide bonds. The van der Waals surface area contributed by atoms with Gasteiger partial charge in [-0.15, -0.1) is 0 Å². The standard InChI is InChI=1S/C20H17NO5S/c1-14(22)26-19-12-20(27(23,24)17-6-4-3-5-7-17)21-13-18(19)15-8-10-16(25-2)11-9-15/h3-13H,1-2H3. The number of aromatic nitrogens is 1. The van der Waals surface area contributed by atoms with Gasteiger partial charge in [0.25, 0.3) is 0 Å². The van der Waals surface area contributed by atoms with Crippen LogP contribution in [0, 0.1) is 0 Å². The van der Waals surface area contributed by atoms with Crippen molar-refractivity contribution in [1.82, 2.24) is 4.98 Å². The molecule has 7 heteroatoms. The van der Waals surface area contributed by atoms with Crippen molar-refractivity contribution in [2.75, 3.05) is 7.11 Å². The van der Waals surface area contributed by atoms with Crippen LogP contribution in [0.25, 0.3) is 11.1 Å². The Hall–Kier alpha value is -3.19. The minimum atomic E-state index is -3.83. The van der Waals surface area contributed by atoms with Crippen LogP contribution in [0.3, 0.4) is 0 Å². The van der Waals surface area contributed by atoms with E-state index >= 15 is 0 Å². The molecule has 138 valence electrons. The SMILES string of the molecule is COc1ccc(-c2cnc(S(=O)(=O)c3ccccc3)cc2OC(C)=O)cc1. The third kappa shape index (κ3) is 3.98. The Morgan fingerprint density at radius 2 is 1.67 bits per heavy atom. The molecule has 0 unspecified atom stereocenters. The van der Waals surface area contributed by atoms with Crippen molar-refractivity contribution in [3.05, 3.63) is 66.9 Å². The van der Waals surface area contributed by atoms with Crippen LogP contribution in [0.15, 0.2) is 76.8 Å². The van der Waals surface area contributed by atoms with E-state index < -0.39 is 15.8 Å².